The average molecular weight is 783 g/mol. The van der Waals surface area contributed by atoms with E-state index in [0.29, 0.717) is 0 Å². The van der Waals surface area contributed by atoms with E-state index < -0.39 is 0 Å². The molecule has 0 N–H and O–H groups in total. The molecule has 0 aliphatic heterocycles. The molecule has 288 valence electrons. The first-order valence-electron chi connectivity index (χ1n) is 20.7. The van der Waals surface area contributed by atoms with Crippen LogP contribution >= 0.6 is 0 Å². The van der Waals surface area contributed by atoms with Crippen LogP contribution in [0.4, 0.5) is 21.5 Å². The molecule has 11 aromatic rings. The standard InChI is InChI=1S/C58H39FN2/c59-46-23-11-21-43(36-46)51-30-14-18-41-19-15-31-52(58(41)51)44-22-13-27-49(38-44)60(48-26-12-20-42(37-48)40-16-3-1-4-17-40)55-32-9-7-28-50(55)45-34-35-54-53-29-8-10-33-56(53)61(57(54)39-45)47-24-5-2-6-25-47/h1-39H. The average Bonchev–Trinajstić information content (AvgIpc) is 3.66. The fraction of sp³-hybridized carbons (Fsp3) is 0. The summed E-state index contributed by atoms with van der Waals surface area (Å²) >= 11 is 0. The minimum atomic E-state index is -0.248. The molecular formula is C58H39FN2. The first-order valence-corrected chi connectivity index (χ1v) is 20.7. The number of hydrogen-bond acceptors (Lipinski definition) is 1. The molecule has 0 aliphatic carbocycles. The quantitative estimate of drug-likeness (QED) is 0.149. The SMILES string of the molecule is Fc1cccc(-c2cccc3cccc(-c4cccc(N(c5cccc(-c6ccccc6)c5)c5ccccc5-c5ccc6c7ccccc7n(-c7ccccc7)c6c5)c4)c23)c1. The largest absolute Gasteiger partial charge is 0.310 e. The molecule has 3 heteroatoms. The lowest BCUT2D eigenvalue weighted by atomic mass is 9.91. The summed E-state index contributed by atoms with van der Waals surface area (Å²) in [6, 6.07) is 82.7. The Morgan fingerprint density at radius 1 is 0.344 bits per heavy atom. The van der Waals surface area contributed by atoms with Crippen LogP contribution in [0.25, 0.3) is 82.8 Å². The first-order chi connectivity index (χ1) is 30.2. The van der Waals surface area contributed by atoms with Gasteiger partial charge in [-0.2, -0.15) is 0 Å². The highest BCUT2D eigenvalue weighted by Gasteiger charge is 2.21. The molecule has 61 heavy (non-hydrogen) atoms. The Kier molecular flexibility index (Phi) is 9.05. The van der Waals surface area contributed by atoms with E-state index in [2.05, 4.69) is 222 Å². The Morgan fingerprint density at radius 2 is 0.885 bits per heavy atom. The van der Waals surface area contributed by atoms with Crippen molar-refractivity contribution >= 4 is 49.6 Å². The summed E-state index contributed by atoms with van der Waals surface area (Å²) in [5.41, 5.74) is 15.1. The number of benzene rings is 10. The second-order valence-corrected chi connectivity index (χ2v) is 15.5. The van der Waals surface area contributed by atoms with E-state index in [1.807, 2.05) is 6.07 Å². The maximum absolute atomic E-state index is 14.6. The van der Waals surface area contributed by atoms with Gasteiger partial charge in [0.1, 0.15) is 5.82 Å². The van der Waals surface area contributed by atoms with Crippen LogP contribution in [0.2, 0.25) is 0 Å². The number of rotatable bonds is 8. The van der Waals surface area contributed by atoms with Crippen molar-refractivity contribution in [2.45, 2.75) is 0 Å². The Balaban J connectivity index is 1.12. The maximum atomic E-state index is 14.6. The number of nitrogens with zero attached hydrogens (tertiary/aromatic N) is 2. The molecule has 0 atom stereocenters. The number of fused-ring (bicyclic) bond motifs is 4. The van der Waals surface area contributed by atoms with E-state index in [4.69, 9.17) is 0 Å². The van der Waals surface area contributed by atoms with Crippen LogP contribution in [-0.4, -0.2) is 4.57 Å². The Labute approximate surface area is 354 Å². The lowest BCUT2D eigenvalue weighted by Gasteiger charge is -2.29. The summed E-state index contributed by atoms with van der Waals surface area (Å²) in [5, 5.41) is 4.64. The van der Waals surface area contributed by atoms with Crippen LogP contribution in [0, 0.1) is 5.82 Å². The van der Waals surface area contributed by atoms with Gasteiger partial charge in [-0.1, -0.05) is 170 Å². The normalized spacial score (nSPS) is 11.4. The summed E-state index contributed by atoms with van der Waals surface area (Å²) in [4.78, 5) is 2.39. The fourth-order valence-corrected chi connectivity index (χ4v) is 9.08. The van der Waals surface area contributed by atoms with Crippen molar-refractivity contribution in [3.63, 3.8) is 0 Å². The first kappa shape index (κ1) is 36.1. The zero-order valence-electron chi connectivity index (χ0n) is 33.3. The smallest absolute Gasteiger partial charge is 0.123 e. The lowest BCUT2D eigenvalue weighted by Crippen LogP contribution is -2.11. The van der Waals surface area contributed by atoms with Crippen molar-refractivity contribution in [1.82, 2.24) is 4.57 Å². The van der Waals surface area contributed by atoms with Gasteiger partial charge in [-0.15, -0.1) is 0 Å². The predicted octanol–water partition coefficient (Wildman–Crippen LogP) is 16.2. The minimum absolute atomic E-state index is 0.248. The maximum Gasteiger partial charge on any atom is 0.123 e. The van der Waals surface area contributed by atoms with Crippen LogP contribution in [-0.2, 0) is 0 Å². The number of halogens is 1. The van der Waals surface area contributed by atoms with Gasteiger partial charge in [0.05, 0.1) is 16.7 Å². The number of aromatic nitrogens is 1. The lowest BCUT2D eigenvalue weighted by molar-refractivity contribution is 0.628. The molecule has 11 rings (SSSR count). The van der Waals surface area contributed by atoms with Crippen LogP contribution < -0.4 is 4.90 Å². The third kappa shape index (κ3) is 6.54. The molecule has 2 nitrogen and oxygen atoms in total. The van der Waals surface area contributed by atoms with Gasteiger partial charge in [0.15, 0.2) is 0 Å². The van der Waals surface area contributed by atoms with Gasteiger partial charge in [0.2, 0.25) is 0 Å². The molecule has 0 fully saturated rings. The van der Waals surface area contributed by atoms with Gasteiger partial charge in [-0.25, -0.2) is 4.39 Å². The fourth-order valence-electron chi connectivity index (χ4n) is 9.08. The van der Waals surface area contributed by atoms with Gasteiger partial charge < -0.3 is 9.47 Å². The third-order valence-electron chi connectivity index (χ3n) is 11.8. The van der Waals surface area contributed by atoms with Crippen LogP contribution in [0.15, 0.2) is 237 Å². The van der Waals surface area contributed by atoms with Crippen molar-refractivity contribution in [2.75, 3.05) is 4.90 Å². The molecule has 0 bridgehead atoms. The van der Waals surface area contributed by atoms with Gasteiger partial charge >= 0.3 is 0 Å². The molecule has 0 amide bonds. The van der Waals surface area contributed by atoms with E-state index in [1.165, 1.54) is 22.4 Å². The Hall–Kier alpha value is -8.01. The highest BCUT2D eigenvalue weighted by Crippen LogP contribution is 2.45. The second-order valence-electron chi connectivity index (χ2n) is 15.5. The van der Waals surface area contributed by atoms with Crippen LogP contribution in [0.3, 0.4) is 0 Å². The molecular weight excluding hydrogens is 744 g/mol. The summed E-state index contributed by atoms with van der Waals surface area (Å²) in [6.07, 6.45) is 0. The van der Waals surface area contributed by atoms with Crippen molar-refractivity contribution in [3.05, 3.63) is 242 Å². The summed E-state index contributed by atoms with van der Waals surface area (Å²) in [5.74, 6) is -0.248. The summed E-state index contributed by atoms with van der Waals surface area (Å²) < 4.78 is 17.0. The van der Waals surface area contributed by atoms with Crippen molar-refractivity contribution in [1.29, 1.82) is 0 Å². The van der Waals surface area contributed by atoms with Gasteiger partial charge in [-0.3, -0.25) is 0 Å². The Bertz CT molecular complexity index is 3380. The number of anilines is 3. The highest BCUT2D eigenvalue weighted by molar-refractivity contribution is 6.11. The molecule has 1 heterocycles. The van der Waals surface area contributed by atoms with Crippen LogP contribution in [0.1, 0.15) is 0 Å². The molecule has 0 saturated heterocycles. The molecule has 0 radical (unpaired) electrons. The highest BCUT2D eigenvalue weighted by atomic mass is 19.1. The molecule has 0 spiro atoms. The van der Waals surface area contributed by atoms with E-state index in [-0.39, 0.29) is 5.82 Å². The molecule has 10 aromatic carbocycles. The van der Waals surface area contributed by atoms with E-state index >= 15 is 0 Å². The third-order valence-corrected chi connectivity index (χ3v) is 11.8. The van der Waals surface area contributed by atoms with Crippen molar-refractivity contribution in [2.24, 2.45) is 0 Å². The molecule has 0 unspecified atom stereocenters. The number of hydrogen-bond donors (Lipinski definition) is 0. The van der Waals surface area contributed by atoms with Gasteiger partial charge in [-0.05, 0) is 116 Å². The molecule has 0 aliphatic rings. The monoisotopic (exact) mass is 782 g/mol. The second kappa shape index (κ2) is 15.3. The molecule has 1 aromatic heterocycles. The summed E-state index contributed by atoms with van der Waals surface area (Å²) in [6.45, 7) is 0. The Morgan fingerprint density at radius 3 is 1.64 bits per heavy atom. The number of para-hydroxylation sites is 3. The molecule has 0 saturated carbocycles. The van der Waals surface area contributed by atoms with Crippen molar-refractivity contribution in [3.8, 4) is 50.2 Å². The van der Waals surface area contributed by atoms with E-state index in [1.54, 1.807) is 12.1 Å². The van der Waals surface area contributed by atoms with E-state index in [0.717, 1.165) is 83.5 Å². The van der Waals surface area contributed by atoms with Crippen molar-refractivity contribution < 1.29 is 4.39 Å². The van der Waals surface area contributed by atoms with Gasteiger partial charge in [0.25, 0.3) is 0 Å². The van der Waals surface area contributed by atoms with E-state index in [9.17, 15) is 4.39 Å². The minimum Gasteiger partial charge on any atom is -0.310 e. The topological polar surface area (TPSA) is 8.17 Å². The van der Waals surface area contributed by atoms with Gasteiger partial charge in [0, 0.05) is 33.4 Å². The predicted molar refractivity (Wildman–Crippen MR) is 255 cm³/mol. The van der Waals surface area contributed by atoms with Crippen LogP contribution in [0.5, 0.6) is 0 Å². The summed E-state index contributed by atoms with van der Waals surface area (Å²) in [7, 11) is 0. The zero-order chi connectivity index (χ0) is 40.7. The zero-order valence-corrected chi connectivity index (χ0v) is 33.3.